The van der Waals surface area contributed by atoms with Crippen molar-refractivity contribution in [3.05, 3.63) is 0 Å². The van der Waals surface area contributed by atoms with Crippen molar-refractivity contribution in [3.63, 3.8) is 0 Å². The number of aliphatic hydroxyl groups is 1. The Bertz CT molecular complexity index is 149. The van der Waals surface area contributed by atoms with Crippen LogP contribution in [0.5, 0.6) is 0 Å². The van der Waals surface area contributed by atoms with Gasteiger partial charge in [0.05, 0.1) is 6.10 Å². The number of hydrogen-bond acceptors (Lipinski definition) is 4. The van der Waals surface area contributed by atoms with Gasteiger partial charge in [0.25, 0.3) is 0 Å². The summed E-state index contributed by atoms with van der Waals surface area (Å²) in [6, 6.07) is 0.133. The van der Waals surface area contributed by atoms with Crippen molar-refractivity contribution in [1.82, 2.24) is 5.32 Å². The van der Waals surface area contributed by atoms with Gasteiger partial charge in [-0.15, -0.1) is 0 Å². The first-order chi connectivity index (χ1) is 5.18. The second kappa shape index (κ2) is 3.69. The highest BCUT2D eigenvalue weighted by Gasteiger charge is 2.22. The number of esters is 1. The summed E-state index contributed by atoms with van der Waals surface area (Å²) in [7, 11) is 0. The van der Waals surface area contributed by atoms with Crippen LogP contribution < -0.4 is 5.32 Å². The standard InChI is InChI=1S/C7H13NO3/c1-5(9)11-4-6-2-7(10)3-8-6/h6-8,10H,2-4H2,1H3/t6-,7+/m0/s1. The number of hydrogen-bond donors (Lipinski definition) is 2. The first-order valence-corrected chi connectivity index (χ1v) is 3.73. The summed E-state index contributed by atoms with van der Waals surface area (Å²) in [5.74, 6) is -0.270. The molecule has 0 aromatic rings. The monoisotopic (exact) mass is 159 g/mol. The van der Waals surface area contributed by atoms with E-state index in [0.29, 0.717) is 19.6 Å². The van der Waals surface area contributed by atoms with Crippen molar-refractivity contribution < 1.29 is 14.6 Å². The number of nitrogens with one attached hydrogen (secondary N) is 1. The van der Waals surface area contributed by atoms with E-state index in [1.807, 2.05) is 0 Å². The maximum atomic E-state index is 10.4. The normalized spacial score (nSPS) is 30.4. The molecule has 2 N–H and O–H groups in total. The van der Waals surface area contributed by atoms with Crippen molar-refractivity contribution >= 4 is 5.97 Å². The Kier molecular flexibility index (Phi) is 2.84. The van der Waals surface area contributed by atoms with Crippen molar-refractivity contribution in [3.8, 4) is 0 Å². The molecule has 1 fully saturated rings. The van der Waals surface area contributed by atoms with Gasteiger partial charge in [-0.25, -0.2) is 0 Å². The summed E-state index contributed by atoms with van der Waals surface area (Å²) in [6.45, 7) is 2.35. The fraction of sp³-hybridized carbons (Fsp3) is 0.857. The first-order valence-electron chi connectivity index (χ1n) is 3.73. The van der Waals surface area contributed by atoms with Crippen LogP contribution in [-0.2, 0) is 9.53 Å². The van der Waals surface area contributed by atoms with Gasteiger partial charge in [-0.1, -0.05) is 0 Å². The van der Waals surface area contributed by atoms with Crippen LogP contribution in [0.25, 0.3) is 0 Å². The molecular weight excluding hydrogens is 146 g/mol. The highest BCUT2D eigenvalue weighted by atomic mass is 16.5. The molecule has 0 unspecified atom stereocenters. The molecule has 1 aliphatic heterocycles. The van der Waals surface area contributed by atoms with E-state index in [1.165, 1.54) is 6.92 Å². The number of aliphatic hydroxyl groups excluding tert-OH is 1. The average molecular weight is 159 g/mol. The first kappa shape index (κ1) is 8.49. The molecule has 1 heterocycles. The SMILES string of the molecule is CC(=O)OC[C@@H]1C[C@@H](O)CN1. The summed E-state index contributed by atoms with van der Waals surface area (Å²) < 4.78 is 4.76. The van der Waals surface area contributed by atoms with Gasteiger partial charge >= 0.3 is 5.97 Å². The molecule has 0 radical (unpaired) electrons. The number of carbonyl (C=O) groups is 1. The van der Waals surface area contributed by atoms with E-state index >= 15 is 0 Å². The van der Waals surface area contributed by atoms with E-state index in [4.69, 9.17) is 9.84 Å². The zero-order valence-electron chi connectivity index (χ0n) is 6.54. The summed E-state index contributed by atoms with van der Waals surface area (Å²) in [5.41, 5.74) is 0. The lowest BCUT2D eigenvalue weighted by atomic mass is 10.2. The molecule has 0 aliphatic carbocycles. The van der Waals surface area contributed by atoms with E-state index in [1.54, 1.807) is 0 Å². The van der Waals surface area contributed by atoms with E-state index in [2.05, 4.69) is 5.32 Å². The Morgan fingerprint density at radius 2 is 2.55 bits per heavy atom. The molecule has 0 saturated carbocycles. The molecule has 0 spiro atoms. The third kappa shape index (κ3) is 2.86. The zero-order valence-corrected chi connectivity index (χ0v) is 6.54. The van der Waals surface area contributed by atoms with Crippen LogP contribution in [0.15, 0.2) is 0 Å². The molecule has 11 heavy (non-hydrogen) atoms. The van der Waals surface area contributed by atoms with Crippen LogP contribution in [0.2, 0.25) is 0 Å². The maximum Gasteiger partial charge on any atom is 0.302 e. The van der Waals surface area contributed by atoms with Crippen molar-refractivity contribution in [2.24, 2.45) is 0 Å². The minimum absolute atomic E-state index is 0.133. The molecule has 1 rings (SSSR count). The van der Waals surface area contributed by atoms with Gasteiger partial charge < -0.3 is 15.2 Å². The molecule has 4 nitrogen and oxygen atoms in total. The third-order valence-electron chi connectivity index (χ3n) is 1.69. The van der Waals surface area contributed by atoms with Crippen molar-refractivity contribution in [1.29, 1.82) is 0 Å². The van der Waals surface area contributed by atoms with Crippen LogP contribution in [-0.4, -0.2) is 36.4 Å². The summed E-state index contributed by atoms with van der Waals surface area (Å²) in [5, 5.41) is 12.1. The molecule has 0 aromatic heterocycles. The molecule has 0 bridgehead atoms. The summed E-state index contributed by atoms with van der Waals surface area (Å²) >= 11 is 0. The molecular formula is C7H13NO3. The lowest BCUT2D eigenvalue weighted by Crippen LogP contribution is -2.27. The van der Waals surface area contributed by atoms with Gasteiger partial charge in [0.1, 0.15) is 6.61 Å². The lowest BCUT2D eigenvalue weighted by Gasteiger charge is -2.08. The predicted octanol–water partition coefficient (Wildman–Crippen LogP) is -0.728. The topological polar surface area (TPSA) is 58.6 Å². The predicted molar refractivity (Wildman–Crippen MR) is 39.0 cm³/mol. The van der Waals surface area contributed by atoms with Gasteiger partial charge in [0, 0.05) is 19.5 Å². The summed E-state index contributed by atoms with van der Waals surface area (Å²) in [4.78, 5) is 10.4. The number of carbonyl (C=O) groups excluding carboxylic acids is 1. The number of ether oxygens (including phenoxy) is 1. The number of β-amino-alcohol motifs (C(OH)–C–C–N with tert-alkyl or cyclic N) is 1. The van der Waals surface area contributed by atoms with Gasteiger partial charge in [-0.3, -0.25) is 4.79 Å². The van der Waals surface area contributed by atoms with Gasteiger partial charge in [0.15, 0.2) is 0 Å². The van der Waals surface area contributed by atoms with E-state index in [9.17, 15) is 4.79 Å². The smallest absolute Gasteiger partial charge is 0.302 e. The van der Waals surface area contributed by atoms with E-state index in [-0.39, 0.29) is 18.1 Å². The van der Waals surface area contributed by atoms with Gasteiger partial charge in [-0.2, -0.15) is 0 Å². The Labute approximate surface area is 65.5 Å². The van der Waals surface area contributed by atoms with Crippen LogP contribution in [0.3, 0.4) is 0 Å². The fourth-order valence-corrected chi connectivity index (χ4v) is 1.14. The Hall–Kier alpha value is -0.610. The molecule has 1 aliphatic rings. The highest BCUT2D eigenvalue weighted by Crippen LogP contribution is 2.05. The molecule has 1 saturated heterocycles. The molecule has 0 aromatic carbocycles. The highest BCUT2D eigenvalue weighted by molar-refractivity contribution is 5.65. The number of rotatable bonds is 2. The fourth-order valence-electron chi connectivity index (χ4n) is 1.14. The van der Waals surface area contributed by atoms with Crippen molar-refractivity contribution in [2.45, 2.75) is 25.5 Å². The van der Waals surface area contributed by atoms with Crippen LogP contribution >= 0.6 is 0 Å². The maximum absolute atomic E-state index is 10.4. The minimum Gasteiger partial charge on any atom is -0.464 e. The molecule has 0 amide bonds. The molecule has 4 heteroatoms. The quantitative estimate of drug-likeness (QED) is 0.522. The lowest BCUT2D eigenvalue weighted by molar-refractivity contribution is -0.141. The summed E-state index contributed by atoms with van der Waals surface area (Å²) in [6.07, 6.45) is 0.392. The van der Waals surface area contributed by atoms with Crippen LogP contribution in [0, 0.1) is 0 Å². The molecule has 2 atom stereocenters. The van der Waals surface area contributed by atoms with E-state index in [0.717, 1.165) is 0 Å². The largest absolute Gasteiger partial charge is 0.464 e. The average Bonchev–Trinajstić information content (AvgIpc) is 2.31. The van der Waals surface area contributed by atoms with Gasteiger partial charge in [0.2, 0.25) is 0 Å². The minimum atomic E-state index is -0.282. The zero-order chi connectivity index (χ0) is 8.27. The molecule has 64 valence electrons. The van der Waals surface area contributed by atoms with Crippen LogP contribution in [0.1, 0.15) is 13.3 Å². The Morgan fingerprint density at radius 1 is 1.82 bits per heavy atom. The Morgan fingerprint density at radius 3 is 3.00 bits per heavy atom. The van der Waals surface area contributed by atoms with E-state index < -0.39 is 0 Å². The third-order valence-corrected chi connectivity index (χ3v) is 1.69. The second-order valence-electron chi connectivity index (χ2n) is 2.80. The van der Waals surface area contributed by atoms with Gasteiger partial charge in [-0.05, 0) is 6.42 Å². The van der Waals surface area contributed by atoms with Crippen molar-refractivity contribution in [2.75, 3.05) is 13.2 Å². The second-order valence-corrected chi connectivity index (χ2v) is 2.80. The Balaban J connectivity index is 2.13. The van der Waals surface area contributed by atoms with Crippen LogP contribution in [0.4, 0.5) is 0 Å².